The van der Waals surface area contributed by atoms with E-state index >= 15 is 0 Å². The zero-order chi connectivity index (χ0) is 24.9. The third-order valence-corrected chi connectivity index (χ3v) is 9.31. The molecule has 2 heterocycles. The minimum atomic E-state index is -3.56. The minimum absolute atomic E-state index is 0.252. The highest BCUT2D eigenvalue weighted by Crippen LogP contribution is 2.34. The van der Waals surface area contributed by atoms with Gasteiger partial charge >= 0.3 is 0 Å². The number of pyridine rings is 1. The molecule has 0 saturated carbocycles. The van der Waals surface area contributed by atoms with E-state index in [4.69, 9.17) is 9.47 Å². The van der Waals surface area contributed by atoms with Gasteiger partial charge in [0.05, 0.1) is 16.6 Å². The van der Waals surface area contributed by atoms with Crippen LogP contribution in [0.2, 0.25) is 25.7 Å². The van der Waals surface area contributed by atoms with Gasteiger partial charge < -0.3 is 14.5 Å². The first-order valence-corrected chi connectivity index (χ1v) is 17.5. The van der Waals surface area contributed by atoms with Crippen molar-refractivity contribution in [2.45, 2.75) is 62.0 Å². The van der Waals surface area contributed by atoms with Gasteiger partial charge in [0.2, 0.25) is 15.9 Å². The molecule has 2 unspecified atom stereocenters. The van der Waals surface area contributed by atoms with E-state index in [1.54, 1.807) is 24.3 Å². The number of ether oxygens (including phenoxy) is 2. The number of nitrogens with one attached hydrogen (secondary N) is 2. The van der Waals surface area contributed by atoms with Gasteiger partial charge in [-0.2, -0.15) is 4.98 Å². The van der Waals surface area contributed by atoms with Crippen LogP contribution in [0.1, 0.15) is 29.5 Å². The summed E-state index contributed by atoms with van der Waals surface area (Å²) in [7, 11) is -4.77. The van der Waals surface area contributed by atoms with Crippen molar-refractivity contribution < 1.29 is 17.9 Å². The van der Waals surface area contributed by atoms with E-state index in [1.165, 1.54) is 0 Å². The van der Waals surface area contributed by atoms with Gasteiger partial charge in [-0.3, -0.25) is 0 Å². The molecule has 0 amide bonds. The van der Waals surface area contributed by atoms with Crippen LogP contribution in [-0.2, 0) is 14.8 Å². The Kier molecular flexibility index (Phi) is 8.97. The molecule has 2 aromatic heterocycles. The number of alkyl halides is 1. The normalized spacial score (nSPS) is 14.3. The number of fused-ring (bicyclic) bond motifs is 1. The largest absolute Gasteiger partial charge is 0.474 e. The highest BCUT2D eigenvalue weighted by molar-refractivity contribution is 9.09. The van der Waals surface area contributed by atoms with Gasteiger partial charge in [0.1, 0.15) is 10.7 Å². The van der Waals surface area contributed by atoms with E-state index in [1.807, 2.05) is 32.2 Å². The summed E-state index contributed by atoms with van der Waals surface area (Å²) in [6, 6.07) is 11.8. The first-order chi connectivity index (χ1) is 15.9. The molecule has 2 atom stereocenters. The predicted octanol–water partition coefficient (Wildman–Crippen LogP) is 5.76. The number of rotatable bonds is 12. The van der Waals surface area contributed by atoms with Crippen molar-refractivity contribution in [2.24, 2.45) is 0 Å². The number of aromatic nitrogens is 2. The summed E-state index contributed by atoms with van der Waals surface area (Å²) in [4.78, 5) is 8.02. The average molecular weight is 569 g/mol. The van der Waals surface area contributed by atoms with Crippen molar-refractivity contribution in [3.63, 3.8) is 0 Å². The van der Waals surface area contributed by atoms with Crippen LogP contribution in [0.25, 0.3) is 11.0 Å². The van der Waals surface area contributed by atoms with E-state index in [2.05, 4.69) is 50.3 Å². The molecule has 3 rings (SSSR count). The van der Waals surface area contributed by atoms with Gasteiger partial charge in [0.15, 0.2) is 0 Å². The Bertz CT molecular complexity index is 1190. The van der Waals surface area contributed by atoms with Gasteiger partial charge in [-0.25, -0.2) is 13.1 Å². The first-order valence-electron chi connectivity index (χ1n) is 11.4. The average Bonchev–Trinajstić information content (AvgIpc) is 3.19. The number of hydrogen-bond acceptors (Lipinski definition) is 5. The van der Waals surface area contributed by atoms with E-state index in [9.17, 15) is 8.42 Å². The van der Waals surface area contributed by atoms with E-state index in [0.717, 1.165) is 28.2 Å². The molecule has 3 aromatic rings. The van der Waals surface area contributed by atoms with Crippen molar-refractivity contribution in [3.8, 4) is 5.88 Å². The van der Waals surface area contributed by atoms with Crippen molar-refractivity contribution in [1.29, 1.82) is 0 Å². The number of sulfonamides is 1. The smallest absolute Gasteiger partial charge is 0.240 e. The summed E-state index contributed by atoms with van der Waals surface area (Å²) in [6.45, 7) is 11.7. The maximum atomic E-state index is 12.5. The van der Waals surface area contributed by atoms with Crippen LogP contribution in [0.15, 0.2) is 47.5 Å². The molecule has 0 bridgehead atoms. The lowest BCUT2D eigenvalue weighted by Crippen LogP contribution is -2.28. The second-order valence-electron chi connectivity index (χ2n) is 9.72. The number of aryl methyl sites for hydroxylation is 1. The van der Waals surface area contributed by atoms with E-state index in [-0.39, 0.29) is 22.6 Å². The zero-order valence-corrected chi connectivity index (χ0v) is 23.8. The minimum Gasteiger partial charge on any atom is -0.474 e. The topological polar surface area (TPSA) is 93.3 Å². The van der Waals surface area contributed by atoms with Crippen molar-refractivity contribution in [1.82, 2.24) is 14.7 Å². The van der Waals surface area contributed by atoms with E-state index < -0.39 is 18.1 Å². The molecule has 0 aliphatic rings. The van der Waals surface area contributed by atoms with Crippen LogP contribution >= 0.6 is 15.9 Å². The molecule has 0 aliphatic heterocycles. The molecule has 10 heteroatoms. The summed E-state index contributed by atoms with van der Waals surface area (Å²) in [5.41, 5.74) is 2.56. The molecule has 2 N–H and O–H groups in total. The molecule has 0 spiro atoms. The first kappa shape index (κ1) is 26.9. The molecule has 7 nitrogen and oxygen atoms in total. The van der Waals surface area contributed by atoms with Crippen LogP contribution < -0.4 is 9.46 Å². The Hall–Kier alpha value is -1.72. The Labute approximate surface area is 211 Å². The number of hydrogen-bond donors (Lipinski definition) is 2. The molecule has 0 fully saturated rings. The second kappa shape index (κ2) is 11.3. The van der Waals surface area contributed by atoms with Crippen LogP contribution in [0.4, 0.5) is 0 Å². The molecular weight excluding hydrogens is 534 g/mol. The summed E-state index contributed by atoms with van der Waals surface area (Å²) in [5.74, 6) is 0.471. The quantitative estimate of drug-likeness (QED) is 0.214. The summed E-state index contributed by atoms with van der Waals surface area (Å²) < 4.78 is 39.9. The number of aromatic amines is 1. The van der Waals surface area contributed by atoms with Gasteiger partial charge in [0.25, 0.3) is 0 Å². The van der Waals surface area contributed by atoms with E-state index in [0.29, 0.717) is 18.9 Å². The Balaban J connectivity index is 1.64. The number of nitrogens with zero attached hydrogens (tertiary/aromatic N) is 1. The van der Waals surface area contributed by atoms with Crippen LogP contribution in [0.3, 0.4) is 0 Å². The molecule has 34 heavy (non-hydrogen) atoms. The van der Waals surface area contributed by atoms with Gasteiger partial charge in [-0.05, 0) is 50.6 Å². The predicted molar refractivity (Wildman–Crippen MR) is 143 cm³/mol. The third-order valence-electron chi connectivity index (χ3n) is 5.38. The molecule has 186 valence electrons. The SMILES string of the molecule is Cc1ccc(S(=O)(=O)NCCC(C)Oc2nc3[nH]ccc3cc2C(Br)OCC[Si](C)(C)C)cc1. The zero-order valence-electron chi connectivity index (χ0n) is 20.4. The Morgan fingerprint density at radius 2 is 1.88 bits per heavy atom. The maximum Gasteiger partial charge on any atom is 0.240 e. The van der Waals surface area contributed by atoms with Crippen molar-refractivity contribution in [2.75, 3.05) is 13.2 Å². The molecule has 1 aromatic carbocycles. The standard InChI is InChI=1S/C24H34BrN3O4SSi/c1-17-6-8-20(9-7-17)33(29,30)27-13-10-18(2)32-24-21(16-19-11-12-26-23(19)28-24)22(25)31-14-15-34(3,4)5/h6-9,11-12,16,18,22,27H,10,13-15H2,1-5H3,(H,26,28). The lowest BCUT2D eigenvalue weighted by molar-refractivity contribution is 0.123. The van der Waals surface area contributed by atoms with Crippen molar-refractivity contribution >= 4 is 45.1 Å². The monoisotopic (exact) mass is 567 g/mol. The summed E-state index contributed by atoms with van der Waals surface area (Å²) in [6.07, 6.45) is 2.06. The van der Waals surface area contributed by atoms with Gasteiger partial charge in [0, 0.05) is 32.8 Å². The number of benzene rings is 1. The maximum absolute atomic E-state index is 12.5. The summed E-state index contributed by atoms with van der Waals surface area (Å²) in [5, 5.41) is 0.622. The Morgan fingerprint density at radius 1 is 1.18 bits per heavy atom. The fraction of sp³-hybridized carbons (Fsp3) is 0.458. The highest BCUT2D eigenvalue weighted by Gasteiger charge is 2.21. The lowest BCUT2D eigenvalue weighted by Gasteiger charge is -2.21. The van der Waals surface area contributed by atoms with Crippen LogP contribution in [-0.4, -0.2) is 45.7 Å². The fourth-order valence-corrected chi connectivity index (χ4v) is 5.54. The highest BCUT2D eigenvalue weighted by atomic mass is 79.9. The summed E-state index contributed by atoms with van der Waals surface area (Å²) >= 11 is 3.65. The van der Waals surface area contributed by atoms with Gasteiger partial charge in [-0.15, -0.1) is 0 Å². The molecular formula is C24H34BrN3O4SSi. The number of H-pyrrole nitrogens is 1. The Morgan fingerprint density at radius 3 is 2.56 bits per heavy atom. The second-order valence-corrected chi connectivity index (χ2v) is 17.9. The fourth-order valence-electron chi connectivity index (χ4n) is 3.24. The van der Waals surface area contributed by atoms with Crippen LogP contribution in [0.5, 0.6) is 5.88 Å². The molecule has 0 saturated heterocycles. The van der Waals surface area contributed by atoms with Crippen molar-refractivity contribution in [3.05, 3.63) is 53.7 Å². The number of halogens is 1. The molecule has 0 radical (unpaired) electrons. The van der Waals surface area contributed by atoms with Gasteiger partial charge in [-0.1, -0.05) is 53.3 Å². The lowest BCUT2D eigenvalue weighted by atomic mass is 10.2. The molecule has 0 aliphatic carbocycles. The van der Waals surface area contributed by atoms with Crippen LogP contribution in [0, 0.1) is 6.92 Å². The third kappa shape index (κ3) is 7.64.